The molecule has 0 bridgehead atoms. The minimum Gasteiger partial charge on any atom is -0.379 e. The van der Waals surface area contributed by atoms with Crippen molar-refractivity contribution in [1.82, 2.24) is 15.5 Å². The van der Waals surface area contributed by atoms with E-state index in [2.05, 4.69) is 20.5 Å². The molecule has 25 heavy (non-hydrogen) atoms. The van der Waals surface area contributed by atoms with Crippen molar-refractivity contribution in [2.24, 2.45) is 10.4 Å². The Morgan fingerprint density at radius 3 is 2.40 bits per heavy atom. The third-order valence-corrected chi connectivity index (χ3v) is 5.13. The van der Waals surface area contributed by atoms with Gasteiger partial charge in [0.05, 0.1) is 19.6 Å². The number of rotatable bonds is 6. The molecule has 0 aromatic heterocycles. The SMILES string of the molecule is CN=C(NCCC(F)(F)F)NCC1(CN2CCOCC2)CCCCC1. The van der Waals surface area contributed by atoms with E-state index in [0.29, 0.717) is 5.96 Å². The zero-order valence-electron chi connectivity index (χ0n) is 15.1. The average Bonchev–Trinajstić information content (AvgIpc) is 2.59. The van der Waals surface area contributed by atoms with Crippen LogP contribution in [0.3, 0.4) is 0 Å². The van der Waals surface area contributed by atoms with Gasteiger partial charge in [-0.1, -0.05) is 19.3 Å². The molecule has 0 aromatic carbocycles. The summed E-state index contributed by atoms with van der Waals surface area (Å²) in [7, 11) is 1.60. The van der Waals surface area contributed by atoms with Gasteiger partial charge in [-0.2, -0.15) is 13.2 Å². The van der Waals surface area contributed by atoms with Gasteiger partial charge in [0.2, 0.25) is 0 Å². The van der Waals surface area contributed by atoms with E-state index in [0.717, 1.165) is 52.2 Å². The molecule has 2 rings (SSSR count). The highest BCUT2D eigenvalue weighted by Gasteiger charge is 2.34. The summed E-state index contributed by atoms with van der Waals surface area (Å²) in [5.41, 5.74) is 0.164. The van der Waals surface area contributed by atoms with Gasteiger partial charge in [-0.25, -0.2) is 0 Å². The number of hydrogen-bond acceptors (Lipinski definition) is 3. The second-order valence-corrected chi connectivity index (χ2v) is 7.17. The lowest BCUT2D eigenvalue weighted by atomic mass is 9.73. The molecule has 1 heterocycles. The number of halogens is 3. The molecule has 2 fully saturated rings. The van der Waals surface area contributed by atoms with Gasteiger partial charge in [0.1, 0.15) is 0 Å². The van der Waals surface area contributed by atoms with Gasteiger partial charge in [-0.3, -0.25) is 9.89 Å². The molecule has 0 unspecified atom stereocenters. The van der Waals surface area contributed by atoms with Crippen molar-refractivity contribution in [2.45, 2.75) is 44.7 Å². The zero-order valence-corrected chi connectivity index (χ0v) is 15.1. The number of nitrogens with zero attached hydrogens (tertiary/aromatic N) is 2. The first-order valence-corrected chi connectivity index (χ1v) is 9.24. The van der Waals surface area contributed by atoms with E-state index >= 15 is 0 Å². The second kappa shape index (κ2) is 9.62. The highest BCUT2D eigenvalue weighted by Crippen LogP contribution is 2.36. The van der Waals surface area contributed by atoms with E-state index in [-0.39, 0.29) is 12.0 Å². The summed E-state index contributed by atoms with van der Waals surface area (Å²) in [6.07, 6.45) is 0.995. The molecule has 1 saturated carbocycles. The van der Waals surface area contributed by atoms with E-state index in [1.807, 2.05) is 0 Å². The van der Waals surface area contributed by atoms with Crippen molar-refractivity contribution in [1.29, 1.82) is 0 Å². The highest BCUT2D eigenvalue weighted by molar-refractivity contribution is 5.79. The molecule has 0 aromatic rings. The lowest BCUT2D eigenvalue weighted by molar-refractivity contribution is -0.132. The Hall–Kier alpha value is -1.02. The molecular weight excluding hydrogens is 333 g/mol. The minimum atomic E-state index is -4.15. The van der Waals surface area contributed by atoms with Crippen molar-refractivity contribution in [3.63, 3.8) is 0 Å². The van der Waals surface area contributed by atoms with Crippen LogP contribution in [0.1, 0.15) is 38.5 Å². The molecule has 0 spiro atoms. The number of ether oxygens (including phenoxy) is 1. The molecule has 0 radical (unpaired) electrons. The van der Waals surface area contributed by atoms with Gasteiger partial charge in [0, 0.05) is 45.2 Å². The zero-order chi connectivity index (χ0) is 18.2. The fraction of sp³-hybridized carbons (Fsp3) is 0.941. The molecule has 1 saturated heterocycles. The standard InChI is InChI=1S/C17H31F3N4O/c1-21-15(22-8-7-17(18,19)20)23-13-16(5-3-2-4-6-16)14-24-9-11-25-12-10-24/h2-14H2,1H3,(H2,21,22,23). The Bertz CT molecular complexity index is 417. The summed E-state index contributed by atoms with van der Waals surface area (Å²) in [6.45, 7) is 5.09. The van der Waals surface area contributed by atoms with Crippen LogP contribution in [0.15, 0.2) is 4.99 Å². The maximum Gasteiger partial charge on any atom is 0.390 e. The number of hydrogen-bond donors (Lipinski definition) is 2. The highest BCUT2D eigenvalue weighted by atomic mass is 19.4. The van der Waals surface area contributed by atoms with Gasteiger partial charge in [-0.05, 0) is 12.8 Å². The molecule has 1 aliphatic carbocycles. The summed E-state index contributed by atoms with van der Waals surface area (Å²) >= 11 is 0. The maximum absolute atomic E-state index is 12.3. The second-order valence-electron chi connectivity index (χ2n) is 7.17. The molecule has 2 aliphatic rings. The Labute approximate surface area is 148 Å². The van der Waals surface area contributed by atoms with Crippen LogP contribution in [0.25, 0.3) is 0 Å². The molecule has 8 heteroatoms. The number of guanidine groups is 1. The lowest BCUT2D eigenvalue weighted by Gasteiger charge is -2.42. The van der Waals surface area contributed by atoms with E-state index in [1.165, 1.54) is 19.3 Å². The summed E-state index contributed by atoms with van der Waals surface area (Å²) in [4.78, 5) is 6.52. The van der Waals surface area contributed by atoms with Crippen molar-refractivity contribution in [2.75, 3.05) is 53.0 Å². The number of aliphatic imine (C=N–C) groups is 1. The van der Waals surface area contributed by atoms with Crippen LogP contribution < -0.4 is 10.6 Å². The summed E-state index contributed by atoms with van der Waals surface area (Å²) < 4.78 is 42.3. The van der Waals surface area contributed by atoms with Crippen molar-refractivity contribution < 1.29 is 17.9 Å². The third-order valence-electron chi connectivity index (χ3n) is 5.13. The Morgan fingerprint density at radius 2 is 1.80 bits per heavy atom. The van der Waals surface area contributed by atoms with Crippen LogP contribution in [0.2, 0.25) is 0 Å². The van der Waals surface area contributed by atoms with Crippen LogP contribution in [-0.4, -0.2) is 70.0 Å². The van der Waals surface area contributed by atoms with Crippen LogP contribution >= 0.6 is 0 Å². The van der Waals surface area contributed by atoms with Crippen LogP contribution in [0.4, 0.5) is 13.2 Å². The van der Waals surface area contributed by atoms with Crippen molar-refractivity contribution >= 4 is 5.96 Å². The normalized spacial score (nSPS) is 22.6. The molecule has 5 nitrogen and oxygen atoms in total. The van der Waals surface area contributed by atoms with Gasteiger partial charge in [-0.15, -0.1) is 0 Å². The summed E-state index contributed by atoms with van der Waals surface area (Å²) in [5.74, 6) is 0.455. The van der Waals surface area contributed by atoms with Gasteiger partial charge < -0.3 is 15.4 Å². The molecular formula is C17H31F3N4O. The summed E-state index contributed by atoms with van der Waals surface area (Å²) in [6, 6.07) is 0. The van der Waals surface area contributed by atoms with Crippen molar-refractivity contribution in [3.05, 3.63) is 0 Å². The van der Waals surface area contributed by atoms with E-state index < -0.39 is 12.6 Å². The Balaban J connectivity index is 1.85. The average molecular weight is 364 g/mol. The van der Waals surface area contributed by atoms with Gasteiger partial charge >= 0.3 is 6.18 Å². The van der Waals surface area contributed by atoms with Gasteiger partial charge in [0.15, 0.2) is 5.96 Å². The van der Waals surface area contributed by atoms with E-state index in [9.17, 15) is 13.2 Å². The first kappa shape index (κ1) is 20.3. The predicted octanol–water partition coefficient (Wildman–Crippen LogP) is 2.39. The monoisotopic (exact) mass is 364 g/mol. The minimum absolute atomic E-state index is 0.153. The largest absolute Gasteiger partial charge is 0.390 e. The molecule has 0 amide bonds. The first-order chi connectivity index (χ1) is 11.9. The molecule has 2 N–H and O–H groups in total. The fourth-order valence-corrected chi connectivity index (χ4v) is 3.74. The lowest BCUT2D eigenvalue weighted by Crippen LogP contribution is -2.51. The summed E-state index contributed by atoms with van der Waals surface area (Å²) in [5, 5.41) is 6.04. The van der Waals surface area contributed by atoms with Crippen LogP contribution in [0, 0.1) is 5.41 Å². The third kappa shape index (κ3) is 7.40. The number of morpholine rings is 1. The molecule has 0 atom stereocenters. The first-order valence-electron chi connectivity index (χ1n) is 9.24. The predicted molar refractivity (Wildman–Crippen MR) is 92.8 cm³/mol. The van der Waals surface area contributed by atoms with Crippen LogP contribution in [0.5, 0.6) is 0 Å². The fourth-order valence-electron chi connectivity index (χ4n) is 3.74. The van der Waals surface area contributed by atoms with E-state index in [1.54, 1.807) is 7.05 Å². The van der Waals surface area contributed by atoms with E-state index in [4.69, 9.17) is 4.74 Å². The quantitative estimate of drug-likeness (QED) is 0.561. The smallest absolute Gasteiger partial charge is 0.379 e. The van der Waals surface area contributed by atoms with Crippen molar-refractivity contribution in [3.8, 4) is 0 Å². The number of nitrogens with one attached hydrogen (secondary N) is 2. The Kier molecular flexibility index (Phi) is 7.81. The Morgan fingerprint density at radius 1 is 1.12 bits per heavy atom. The van der Waals surface area contributed by atoms with Crippen LogP contribution in [-0.2, 0) is 4.74 Å². The number of alkyl halides is 3. The molecule has 1 aliphatic heterocycles. The van der Waals surface area contributed by atoms with Gasteiger partial charge in [0.25, 0.3) is 0 Å². The topological polar surface area (TPSA) is 48.9 Å². The maximum atomic E-state index is 12.3. The molecule has 146 valence electrons.